The molecule has 0 aromatic heterocycles. The molecule has 0 aliphatic carbocycles. The van der Waals surface area contributed by atoms with Gasteiger partial charge in [-0.3, -0.25) is 9.10 Å². The summed E-state index contributed by atoms with van der Waals surface area (Å²) in [5.41, 5.74) is 5.24. The first-order chi connectivity index (χ1) is 16.5. The van der Waals surface area contributed by atoms with Crippen LogP contribution < -0.4 is 9.73 Å². The number of halogens is 1. The molecule has 0 unspecified atom stereocenters. The first-order valence-electron chi connectivity index (χ1n) is 11.2. The molecule has 0 spiro atoms. The normalized spacial score (nSPS) is 12.3. The molecule has 3 aromatic rings. The fraction of sp³-hybridized carbons (Fsp3) is 0.259. The van der Waals surface area contributed by atoms with Gasteiger partial charge in [0.15, 0.2) is 0 Å². The highest BCUT2D eigenvalue weighted by atomic mass is 35.5. The molecule has 0 radical (unpaired) electrons. The van der Waals surface area contributed by atoms with Crippen LogP contribution in [0.15, 0.2) is 88.9 Å². The number of benzene rings is 3. The maximum absolute atomic E-state index is 13.5. The molecule has 1 N–H and O–H groups in total. The number of rotatable bonds is 9. The Morgan fingerprint density at radius 1 is 1.00 bits per heavy atom. The van der Waals surface area contributed by atoms with E-state index in [0.717, 1.165) is 15.6 Å². The molecule has 0 heterocycles. The molecule has 0 atom stereocenters. The number of carbonyl (C=O) groups excluding carboxylic acids is 1. The number of sulfonamides is 1. The lowest BCUT2D eigenvalue weighted by atomic mass is 9.80. The standard InChI is InChI=1S/C27H30ClN3O3S/c1-20-15-16-23(28)17-25(20)31(35(33,34)24-13-9-6-10-14-24)19-26(32)30-29-21(2)18-27(3,4)22-11-7-5-8-12-22/h5-17H,18-19H2,1-4H3,(H,30,32)/b29-21+. The minimum absolute atomic E-state index is 0.0801. The van der Waals surface area contributed by atoms with Gasteiger partial charge in [0.2, 0.25) is 0 Å². The molecule has 0 saturated heterocycles. The molecule has 6 nitrogen and oxygen atoms in total. The summed E-state index contributed by atoms with van der Waals surface area (Å²) in [6, 6.07) is 23.0. The van der Waals surface area contributed by atoms with Gasteiger partial charge in [0.25, 0.3) is 15.9 Å². The van der Waals surface area contributed by atoms with Crippen LogP contribution in [0.2, 0.25) is 5.02 Å². The van der Waals surface area contributed by atoms with E-state index in [1.807, 2.05) is 25.1 Å². The lowest BCUT2D eigenvalue weighted by Gasteiger charge is -2.26. The summed E-state index contributed by atoms with van der Waals surface area (Å²) < 4.78 is 28.0. The lowest BCUT2D eigenvalue weighted by Crippen LogP contribution is -2.40. The van der Waals surface area contributed by atoms with Crippen molar-refractivity contribution in [1.29, 1.82) is 0 Å². The number of nitrogens with zero attached hydrogens (tertiary/aromatic N) is 2. The quantitative estimate of drug-likeness (QED) is 0.295. The van der Waals surface area contributed by atoms with Gasteiger partial charge in [0, 0.05) is 10.7 Å². The summed E-state index contributed by atoms with van der Waals surface area (Å²) in [6.45, 7) is 7.38. The van der Waals surface area contributed by atoms with Crippen LogP contribution in [-0.2, 0) is 20.2 Å². The molecule has 8 heteroatoms. The Labute approximate surface area is 212 Å². The van der Waals surface area contributed by atoms with Crippen LogP contribution in [0.1, 0.15) is 38.3 Å². The summed E-state index contributed by atoms with van der Waals surface area (Å²) in [5.74, 6) is -0.555. The third-order valence-electron chi connectivity index (χ3n) is 5.68. The van der Waals surface area contributed by atoms with Crippen molar-refractivity contribution in [3.05, 3.63) is 95.0 Å². The Balaban J connectivity index is 1.83. The zero-order valence-corrected chi connectivity index (χ0v) is 21.9. The third-order valence-corrected chi connectivity index (χ3v) is 7.69. The van der Waals surface area contributed by atoms with Crippen molar-refractivity contribution in [3.8, 4) is 0 Å². The van der Waals surface area contributed by atoms with Crippen LogP contribution >= 0.6 is 11.6 Å². The molecule has 0 aliphatic rings. The Morgan fingerprint density at radius 2 is 1.60 bits per heavy atom. The fourth-order valence-corrected chi connectivity index (χ4v) is 5.53. The van der Waals surface area contributed by atoms with Crippen molar-refractivity contribution >= 4 is 38.9 Å². The Hall–Kier alpha value is -3.16. The maximum Gasteiger partial charge on any atom is 0.264 e. The van der Waals surface area contributed by atoms with E-state index in [1.54, 1.807) is 43.3 Å². The minimum Gasteiger partial charge on any atom is -0.271 e. The second kappa shape index (κ2) is 11.1. The number of hydrogen-bond donors (Lipinski definition) is 1. The summed E-state index contributed by atoms with van der Waals surface area (Å²) in [4.78, 5) is 13.0. The molecule has 0 aliphatic heterocycles. The average Bonchev–Trinajstić information content (AvgIpc) is 2.83. The SMILES string of the molecule is C/C(CC(C)(C)c1ccccc1)=N\NC(=O)CN(c1cc(Cl)ccc1C)S(=O)(=O)c1ccccc1. The highest BCUT2D eigenvalue weighted by molar-refractivity contribution is 7.92. The number of aryl methyl sites for hydroxylation is 1. The van der Waals surface area contributed by atoms with E-state index in [9.17, 15) is 13.2 Å². The monoisotopic (exact) mass is 511 g/mol. The number of hydrogen-bond acceptors (Lipinski definition) is 4. The number of amides is 1. The average molecular weight is 512 g/mol. The van der Waals surface area contributed by atoms with Gasteiger partial charge in [-0.2, -0.15) is 5.10 Å². The van der Waals surface area contributed by atoms with Crippen LogP contribution in [0.5, 0.6) is 0 Å². The summed E-state index contributed by atoms with van der Waals surface area (Å²) in [7, 11) is -4.03. The van der Waals surface area contributed by atoms with Crippen LogP contribution in [0.25, 0.3) is 0 Å². The summed E-state index contributed by atoms with van der Waals surface area (Å²) in [6.07, 6.45) is 0.622. The molecule has 3 rings (SSSR count). The van der Waals surface area contributed by atoms with Crippen molar-refractivity contribution in [2.24, 2.45) is 5.10 Å². The van der Waals surface area contributed by atoms with E-state index in [4.69, 9.17) is 11.6 Å². The maximum atomic E-state index is 13.5. The van der Waals surface area contributed by atoms with E-state index in [2.05, 4.69) is 36.5 Å². The van der Waals surface area contributed by atoms with E-state index >= 15 is 0 Å². The molecular weight excluding hydrogens is 482 g/mol. The van der Waals surface area contributed by atoms with E-state index in [1.165, 1.54) is 12.1 Å². The first kappa shape index (κ1) is 26.4. The fourth-order valence-electron chi connectivity index (χ4n) is 3.86. The summed E-state index contributed by atoms with van der Waals surface area (Å²) >= 11 is 6.16. The second-order valence-electron chi connectivity index (χ2n) is 9.06. The zero-order valence-electron chi connectivity index (χ0n) is 20.3. The van der Waals surface area contributed by atoms with Gasteiger partial charge in [0.05, 0.1) is 10.6 Å². The molecule has 184 valence electrons. The zero-order chi connectivity index (χ0) is 25.6. The smallest absolute Gasteiger partial charge is 0.264 e. The number of carbonyl (C=O) groups is 1. The van der Waals surface area contributed by atoms with Crippen molar-refractivity contribution in [2.45, 2.75) is 44.4 Å². The van der Waals surface area contributed by atoms with E-state index in [-0.39, 0.29) is 10.3 Å². The molecule has 0 saturated carbocycles. The minimum atomic E-state index is -4.03. The van der Waals surface area contributed by atoms with Crippen molar-refractivity contribution in [3.63, 3.8) is 0 Å². The van der Waals surface area contributed by atoms with Gasteiger partial charge in [-0.25, -0.2) is 13.8 Å². The van der Waals surface area contributed by atoms with Gasteiger partial charge >= 0.3 is 0 Å². The molecule has 0 fully saturated rings. The molecule has 0 bridgehead atoms. The van der Waals surface area contributed by atoms with Gasteiger partial charge in [-0.15, -0.1) is 0 Å². The largest absolute Gasteiger partial charge is 0.271 e. The van der Waals surface area contributed by atoms with Crippen LogP contribution in [0, 0.1) is 6.92 Å². The van der Waals surface area contributed by atoms with Crippen molar-refractivity contribution in [2.75, 3.05) is 10.8 Å². The first-order valence-corrected chi connectivity index (χ1v) is 13.0. The van der Waals surface area contributed by atoms with Gasteiger partial charge in [-0.1, -0.05) is 80.0 Å². The number of anilines is 1. The van der Waals surface area contributed by atoms with Crippen LogP contribution in [-0.4, -0.2) is 26.6 Å². The van der Waals surface area contributed by atoms with Gasteiger partial charge in [-0.05, 0) is 61.1 Å². The van der Waals surface area contributed by atoms with Gasteiger partial charge in [0.1, 0.15) is 6.54 Å². The second-order valence-corrected chi connectivity index (χ2v) is 11.4. The van der Waals surface area contributed by atoms with E-state index in [0.29, 0.717) is 22.7 Å². The van der Waals surface area contributed by atoms with Crippen LogP contribution in [0.3, 0.4) is 0 Å². The number of nitrogens with one attached hydrogen (secondary N) is 1. The lowest BCUT2D eigenvalue weighted by molar-refractivity contribution is -0.119. The Kier molecular flexibility index (Phi) is 8.35. The Morgan fingerprint density at radius 3 is 2.23 bits per heavy atom. The predicted molar refractivity (Wildman–Crippen MR) is 142 cm³/mol. The highest BCUT2D eigenvalue weighted by Crippen LogP contribution is 2.30. The van der Waals surface area contributed by atoms with Crippen molar-refractivity contribution < 1.29 is 13.2 Å². The Bertz CT molecular complexity index is 1310. The van der Waals surface area contributed by atoms with Crippen molar-refractivity contribution in [1.82, 2.24) is 5.43 Å². The van der Waals surface area contributed by atoms with Crippen LogP contribution in [0.4, 0.5) is 5.69 Å². The topological polar surface area (TPSA) is 78.8 Å². The number of hydrazone groups is 1. The molecular formula is C27H30ClN3O3S. The van der Waals surface area contributed by atoms with E-state index < -0.39 is 22.5 Å². The highest BCUT2D eigenvalue weighted by Gasteiger charge is 2.28. The molecule has 1 amide bonds. The third kappa shape index (κ3) is 6.71. The summed E-state index contributed by atoms with van der Waals surface area (Å²) in [5, 5.41) is 4.62. The molecule has 3 aromatic carbocycles. The molecule has 35 heavy (non-hydrogen) atoms. The van der Waals surface area contributed by atoms with Gasteiger partial charge < -0.3 is 0 Å². The predicted octanol–water partition coefficient (Wildman–Crippen LogP) is 5.70.